The highest BCUT2D eigenvalue weighted by Gasteiger charge is 2.45. The van der Waals surface area contributed by atoms with Crippen LogP contribution >= 0.6 is 11.6 Å². The summed E-state index contributed by atoms with van der Waals surface area (Å²) in [6.45, 7) is 4.77. The molecule has 0 bridgehead atoms. The predicted octanol–water partition coefficient (Wildman–Crippen LogP) is 5.48. The molecule has 7 nitrogen and oxygen atoms in total. The summed E-state index contributed by atoms with van der Waals surface area (Å²) in [6.07, 6.45) is 7.13. The number of halogens is 1. The van der Waals surface area contributed by atoms with Gasteiger partial charge in [-0.2, -0.15) is 0 Å². The molecule has 2 aromatic rings. The monoisotopic (exact) mass is 569 g/mol. The first-order chi connectivity index (χ1) is 19.3. The molecular formula is C32H40ClNO6. The lowest BCUT2D eigenvalue weighted by molar-refractivity contribution is -0.134. The Morgan fingerprint density at radius 3 is 2.88 bits per heavy atom. The van der Waals surface area contributed by atoms with E-state index in [1.54, 1.807) is 12.1 Å². The Balaban J connectivity index is 1.28. The van der Waals surface area contributed by atoms with Crippen molar-refractivity contribution in [2.45, 2.75) is 75.6 Å². The van der Waals surface area contributed by atoms with Crippen LogP contribution in [0.3, 0.4) is 0 Å². The molecule has 216 valence electrons. The van der Waals surface area contributed by atoms with Crippen LogP contribution in [0.1, 0.15) is 66.9 Å². The summed E-state index contributed by atoms with van der Waals surface area (Å²) in [5.41, 5.74) is 3.54. The van der Waals surface area contributed by atoms with Gasteiger partial charge in [0.2, 0.25) is 0 Å². The molecule has 0 aromatic heterocycles. The number of nitrogens with zero attached hydrogens (tertiary/aromatic N) is 1. The summed E-state index contributed by atoms with van der Waals surface area (Å²) >= 11 is 6.39. The Bertz CT molecular complexity index is 1240. The first kappa shape index (κ1) is 27.8. The van der Waals surface area contributed by atoms with Crippen LogP contribution in [-0.2, 0) is 21.3 Å². The molecular weight excluding hydrogens is 530 g/mol. The highest BCUT2D eigenvalue weighted by atomic mass is 35.5. The van der Waals surface area contributed by atoms with E-state index in [0.717, 1.165) is 74.5 Å². The van der Waals surface area contributed by atoms with Crippen molar-refractivity contribution in [3.05, 3.63) is 58.1 Å². The van der Waals surface area contributed by atoms with Gasteiger partial charge >= 0.3 is 5.97 Å². The fourth-order valence-corrected chi connectivity index (χ4v) is 7.63. The fraction of sp³-hybridized carbons (Fsp3) is 0.594. The van der Waals surface area contributed by atoms with E-state index in [1.807, 2.05) is 19.1 Å². The smallest absolute Gasteiger partial charge is 0.335 e. The molecule has 1 saturated heterocycles. The van der Waals surface area contributed by atoms with Crippen LogP contribution in [0.5, 0.6) is 5.75 Å². The number of carbonyl (C=O) groups is 1. The molecule has 6 atom stereocenters. The summed E-state index contributed by atoms with van der Waals surface area (Å²) in [4.78, 5) is 14.3. The Morgan fingerprint density at radius 1 is 1.23 bits per heavy atom. The van der Waals surface area contributed by atoms with Gasteiger partial charge in [-0.25, -0.2) is 4.79 Å². The first-order valence-corrected chi connectivity index (χ1v) is 15.1. The van der Waals surface area contributed by atoms with Crippen LogP contribution in [0.25, 0.3) is 0 Å². The molecule has 2 fully saturated rings. The Labute approximate surface area is 241 Å². The van der Waals surface area contributed by atoms with Crippen LogP contribution in [0.2, 0.25) is 5.02 Å². The Morgan fingerprint density at radius 2 is 2.10 bits per heavy atom. The molecule has 8 heteroatoms. The third-order valence-electron chi connectivity index (χ3n) is 9.64. The molecule has 2 aliphatic carbocycles. The SMILES string of the molecule is CC(CO)O[C@@H]1CCO[C@H]([C@@H]2CC[C@H]2CN2CC3(CCCc4cc(Cl)ccc43)COc3ccc(C(=O)O)cc32)C1. The maximum absolute atomic E-state index is 11.9. The molecule has 1 spiro atoms. The van der Waals surface area contributed by atoms with Crippen LogP contribution in [0, 0.1) is 11.8 Å². The van der Waals surface area contributed by atoms with E-state index >= 15 is 0 Å². The highest BCUT2D eigenvalue weighted by molar-refractivity contribution is 6.30. The van der Waals surface area contributed by atoms with Gasteiger partial charge in [0.05, 0.1) is 42.8 Å². The van der Waals surface area contributed by atoms with Crippen molar-refractivity contribution in [1.29, 1.82) is 0 Å². The number of aliphatic hydroxyl groups excluding tert-OH is 1. The third-order valence-corrected chi connectivity index (χ3v) is 9.88. The van der Waals surface area contributed by atoms with Crippen molar-refractivity contribution in [3.63, 3.8) is 0 Å². The lowest BCUT2D eigenvalue weighted by atomic mass is 9.67. The van der Waals surface area contributed by atoms with Gasteiger partial charge in [-0.05, 0) is 98.7 Å². The molecule has 2 aliphatic heterocycles. The van der Waals surface area contributed by atoms with E-state index in [0.29, 0.717) is 25.0 Å². The minimum absolute atomic E-state index is 0.0277. The number of aromatic carboxylic acids is 1. The molecule has 2 aromatic carbocycles. The van der Waals surface area contributed by atoms with Gasteiger partial charge in [0, 0.05) is 36.6 Å². The van der Waals surface area contributed by atoms with Gasteiger partial charge in [0.25, 0.3) is 0 Å². The predicted molar refractivity (Wildman–Crippen MR) is 154 cm³/mol. The van der Waals surface area contributed by atoms with Crippen molar-refractivity contribution in [2.24, 2.45) is 11.8 Å². The second kappa shape index (κ2) is 11.5. The largest absolute Gasteiger partial charge is 0.490 e. The van der Waals surface area contributed by atoms with Gasteiger partial charge in [0.15, 0.2) is 0 Å². The number of ether oxygens (including phenoxy) is 3. The number of carboxylic acid groups (broad SMARTS) is 1. The van der Waals surface area contributed by atoms with Gasteiger partial charge in [0.1, 0.15) is 5.75 Å². The highest BCUT2D eigenvalue weighted by Crippen LogP contribution is 2.47. The zero-order valence-electron chi connectivity index (χ0n) is 23.2. The minimum atomic E-state index is -0.931. The lowest BCUT2D eigenvalue weighted by Crippen LogP contribution is -2.51. The number of aliphatic hydroxyl groups is 1. The lowest BCUT2D eigenvalue weighted by Gasteiger charge is -2.48. The van der Waals surface area contributed by atoms with E-state index in [-0.39, 0.29) is 35.9 Å². The summed E-state index contributed by atoms with van der Waals surface area (Å²) in [5.74, 6) is 0.683. The van der Waals surface area contributed by atoms with Gasteiger partial charge in [-0.1, -0.05) is 17.7 Å². The maximum Gasteiger partial charge on any atom is 0.335 e. The summed E-state index contributed by atoms with van der Waals surface area (Å²) in [7, 11) is 0. The molecule has 2 unspecified atom stereocenters. The molecule has 0 radical (unpaired) electrons. The van der Waals surface area contributed by atoms with Gasteiger partial charge in [-0.3, -0.25) is 0 Å². The van der Waals surface area contributed by atoms with E-state index in [2.05, 4.69) is 17.0 Å². The quantitative estimate of drug-likeness (QED) is 0.456. The maximum atomic E-state index is 11.9. The van der Waals surface area contributed by atoms with Crippen LogP contribution < -0.4 is 9.64 Å². The molecule has 4 aliphatic rings. The number of carboxylic acids is 1. The summed E-state index contributed by atoms with van der Waals surface area (Å²) in [5, 5.41) is 20.0. The summed E-state index contributed by atoms with van der Waals surface area (Å²) < 4.78 is 18.9. The van der Waals surface area contributed by atoms with Crippen molar-refractivity contribution < 1.29 is 29.2 Å². The van der Waals surface area contributed by atoms with Crippen molar-refractivity contribution >= 4 is 23.3 Å². The van der Waals surface area contributed by atoms with Crippen LogP contribution in [-0.4, -0.2) is 67.4 Å². The molecule has 0 amide bonds. The number of benzene rings is 2. The van der Waals surface area contributed by atoms with Crippen LogP contribution in [0.4, 0.5) is 5.69 Å². The van der Waals surface area contributed by atoms with Crippen molar-refractivity contribution in [3.8, 4) is 5.75 Å². The summed E-state index contributed by atoms with van der Waals surface area (Å²) in [6, 6.07) is 11.5. The number of hydrogen-bond acceptors (Lipinski definition) is 6. The standard InChI is InChI=1S/C32H40ClNO6/c1-20(17-35)40-25-10-12-38-30(15-25)26-7-4-23(26)16-34-18-32(11-2-3-21-13-24(33)6-8-27(21)32)19-39-29-9-5-22(31(36)37)14-28(29)34/h5-6,8-9,13-14,20,23,25-26,30,35H,2-4,7,10-12,15-19H2,1H3,(H,36,37)/t20?,23-,25+,26+,30-,32?/m0/s1. The number of hydrogen-bond donors (Lipinski definition) is 2. The fourth-order valence-electron chi connectivity index (χ4n) is 7.43. The molecule has 40 heavy (non-hydrogen) atoms. The molecule has 2 N–H and O–H groups in total. The van der Waals surface area contributed by atoms with Crippen molar-refractivity contribution in [2.75, 3.05) is 37.8 Å². The number of anilines is 1. The second-order valence-electron chi connectivity index (χ2n) is 12.3. The Kier molecular flexibility index (Phi) is 8.01. The molecule has 1 saturated carbocycles. The zero-order valence-corrected chi connectivity index (χ0v) is 23.9. The van der Waals surface area contributed by atoms with E-state index in [1.165, 1.54) is 11.1 Å². The normalized spacial score (nSPS) is 30.4. The number of fused-ring (bicyclic) bond motifs is 3. The molecule has 2 heterocycles. The third kappa shape index (κ3) is 5.46. The van der Waals surface area contributed by atoms with E-state index < -0.39 is 5.97 Å². The zero-order chi connectivity index (χ0) is 27.9. The van der Waals surface area contributed by atoms with E-state index in [9.17, 15) is 15.0 Å². The number of rotatable bonds is 7. The minimum Gasteiger partial charge on any atom is -0.490 e. The van der Waals surface area contributed by atoms with Gasteiger partial charge in [-0.15, -0.1) is 0 Å². The van der Waals surface area contributed by atoms with E-state index in [4.69, 9.17) is 25.8 Å². The molecule has 6 rings (SSSR count). The van der Waals surface area contributed by atoms with Crippen molar-refractivity contribution in [1.82, 2.24) is 0 Å². The average molecular weight is 570 g/mol. The second-order valence-corrected chi connectivity index (χ2v) is 12.7. The average Bonchev–Trinajstić information content (AvgIpc) is 3.08. The first-order valence-electron chi connectivity index (χ1n) is 14.8. The Hall–Kier alpha value is -2.32. The van der Waals surface area contributed by atoms with Crippen LogP contribution in [0.15, 0.2) is 36.4 Å². The topological polar surface area (TPSA) is 88.5 Å². The van der Waals surface area contributed by atoms with Gasteiger partial charge < -0.3 is 29.3 Å². The number of aryl methyl sites for hydroxylation is 1.